The largest absolute Gasteiger partial charge is 0.359 e. The molecule has 0 radical (unpaired) electrons. The van der Waals surface area contributed by atoms with Gasteiger partial charge < -0.3 is 14.7 Å². The Morgan fingerprint density at radius 2 is 2.20 bits per heavy atom. The van der Waals surface area contributed by atoms with Crippen LogP contribution < -0.4 is 5.32 Å². The quantitative estimate of drug-likeness (QED) is 0.914. The molecule has 0 bridgehead atoms. The second kappa shape index (κ2) is 6.70. The lowest BCUT2D eigenvalue weighted by atomic mass is 9.85. The number of rotatable bonds is 4. The smallest absolute Gasteiger partial charge is 0.230 e. The summed E-state index contributed by atoms with van der Waals surface area (Å²) >= 11 is 0. The first-order valence-corrected chi connectivity index (χ1v) is 8.45. The minimum atomic E-state index is -0.359. The number of aromatic nitrogens is 3. The first-order valence-electron chi connectivity index (χ1n) is 8.45. The fraction of sp³-hybridized carbons (Fsp3) is 0.529. The number of likely N-dealkylation sites (tertiary alicyclic amines) is 1. The summed E-state index contributed by atoms with van der Waals surface area (Å²) in [7, 11) is 1.82. The molecule has 0 aliphatic carbocycles. The number of amides is 2. The summed E-state index contributed by atoms with van der Waals surface area (Å²) in [6.45, 7) is 6.02. The summed E-state index contributed by atoms with van der Waals surface area (Å²) in [5.41, 5.74) is 2.10. The predicted molar refractivity (Wildman–Crippen MR) is 90.7 cm³/mol. The van der Waals surface area contributed by atoms with Crippen LogP contribution in [0.15, 0.2) is 16.8 Å². The number of piperidine rings is 1. The van der Waals surface area contributed by atoms with Gasteiger partial charge in [0, 0.05) is 26.2 Å². The standard InChI is InChI=1S/C17H23N5O3/c1-5-22-14(23)7-6-12(16(22)13-8-9-18-21(13)4)17(24)19-15-10(2)20-25-11(15)3/h8-9,12,16H,5-7H2,1-4H3,(H,19,24)/t12-,16-/m0/s1. The molecule has 0 unspecified atom stereocenters. The van der Waals surface area contributed by atoms with Crippen LogP contribution in [0.1, 0.15) is 43.0 Å². The molecule has 2 aromatic heterocycles. The van der Waals surface area contributed by atoms with Crippen LogP contribution in [0.25, 0.3) is 0 Å². The van der Waals surface area contributed by atoms with Crippen molar-refractivity contribution in [1.82, 2.24) is 19.8 Å². The molecule has 0 spiro atoms. The molecule has 2 amide bonds. The zero-order valence-electron chi connectivity index (χ0n) is 14.9. The second-order valence-electron chi connectivity index (χ2n) is 6.34. The fourth-order valence-electron chi connectivity index (χ4n) is 3.52. The summed E-state index contributed by atoms with van der Waals surface area (Å²) in [6, 6.07) is 1.53. The van der Waals surface area contributed by atoms with Crippen LogP contribution in [0.3, 0.4) is 0 Å². The third-order valence-electron chi connectivity index (χ3n) is 4.83. The Morgan fingerprint density at radius 3 is 2.76 bits per heavy atom. The molecule has 0 saturated carbocycles. The highest BCUT2D eigenvalue weighted by Gasteiger charge is 2.41. The third kappa shape index (κ3) is 3.04. The molecule has 1 aliphatic heterocycles. The lowest BCUT2D eigenvalue weighted by Crippen LogP contribution is -2.47. The Kier molecular flexibility index (Phi) is 4.61. The molecule has 2 atom stereocenters. The molecule has 25 heavy (non-hydrogen) atoms. The summed E-state index contributed by atoms with van der Waals surface area (Å²) in [5.74, 6) is 0.144. The first-order chi connectivity index (χ1) is 11.9. The number of aryl methyl sites for hydroxylation is 3. The van der Waals surface area contributed by atoms with Crippen molar-refractivity contribution in [1.29, 1.82) is 0 Å². The molecule has 134 valence electrons. The van der Waals surface area contributed by atoms with Crippen LogP contribution >= 0.6 is 0 Å². The van der Waals surface area contributed by atoms with Gasteiger partial charge in [-0.15, -0.1) is 0 Å². The van der Waals surface area contributed by atoms with E-state index in [-0.39, 0.29) is 23.8 Å². The van der Waals surface area contributed by atoms with E-state index < -0.39 is 0 Å². The van der Waals surface area contributed by atoms with Gasteiger partial charge in [-0.3, -0.25) is 14.3 Å². The van der Waals surface area contributed by atoms with E-state index in [4.69, 9.17) is 4.52 Å². The Bertz CT molecular complexity index is 775. The van der Waals surface area contributed by atoms with Gasteiger partial charge in [0.1, 0.15) is 11.4 Å². The highest BCUT2D eigenvalue weighted by molar-refractivity contribution is 5.95. The molecule has 3 heterocycles. The summed E-state index contributed by atoms with van der Waals surface area (Å²) in [6.07, 6.45) is 2.55. The molecule has 1 fully saturated rings. The first kappa shape index (κ1) is 17.2. The van der Waals surface area contributed by atoms with E-state index in [0.29, 0.717) is 36.5 Å². The minimum absolute atomic E-state index is 0.0649. The lowest BCUT2D eigenvalue weighted by Gasteiger charge is -2.39. The monoisotopic (exact) mass is 345 g/mol. The number of carbonyl (C=O) groups is 2. The average Bonchev–Trinajstić information content (AvgIpc) is 3.14. The molecule has 2 aromatic rings. The Labute approximate surface area is 146 Å². The van der Waals surface area contributed by atoms with Gasteiger partial charge in [0.25, 0.3) is 0 Å². The summed E-state index contributed by atoms with van der Waals surface area (Å²) < 4.78 is 6.84. The van der Waals surface area contributed by atoms with E-state index in [2.05, 4.69) is 15.6 Å². The van der Waals surface area contributed by atoms with Crippen molar-refractivity contribution in [2.24, 2.45) is 13.0 Å². The molecule has 0 aromatic carbocycles. The minimum Gasteiger partial charge on any atom is -0.359 e. The van der Waals surface area contributed by atoms with E-state index in [1.54, 1.807) is 29.6 Å². The van der Waals surface area contributed by atoms with E-state index in [0.717, 1.165) is 5.69 Å². The maximum Gasteiger partial charge on any atom is 0.230 e. The summed E-state index contributed by atoms with van der Waals surface area (Å²) in [5, 5.41) is 11.0. The normalized spacial score (nSPS) is 20.8. The van der Waals surface area contributed by atoms with Crippen LogP contribution in [0.5, 0.6) is 0 Å². The molecule has 8 heteroatoms. The zero-order chi connectivity index (χ0) is 18.1. The van der Waals surface area contributed by atoms with Gasteiger partial charge >= 0.3 is 0 Å². The highest BCUT2D eigenvalue weighted by atomic mass is 16.5. The zero-order valence-corrected chi connectivity index (χ0v) is 14.9. The van der Waals surface area contributed by atoms with Crippen LogP contribution in [-0.4, -0.2) is 38.2 Å². The molecule has 1 saturated heterocycles. The summed E-state index contributed by atoms with van der Waals surface area (Å²) in [4.78, 5) is 27.1. The third-order valence-corrected chi connectivity index (χ3v) is 4.83. The van der Waals surface area contributed by atoms with E-state index in [1.165, 1.54) is 0 Å². The van der Waals surface area contributed by atoms with Crippen molar-refractivity contribution in [3.63, 3.8) is 0 Å². The molecular formula is C17H23N5O3. The van der Waals surface area contributed by atoms with Crippen LogP contribution in [-0.2, 0) is 16.6 Å². The van der Waals surface area contributed by atoms with E-state index in [1.807, 2.05) is 20.0 Å². The van der Waals surface area contributed by atoms with Crippen molar-refractivity contribution in [3.05, 3.63) is 29.4 Å². The molecular weight excluding hydrogens is 322 g/mol. The van der Waals surface area contributed by atoms with Crippen molar-refractivity contribution >= 4 is 17.5 Å². The number of nitrogens with zero attached hydrogens (tertiary/aromatic N) is 4. The van der Waals surface area contributed by atoms with Gasteiger partial charge in [0.05, 0.1) is 17.7 Å². The van der Waals surface area contributed by atoms with Crippen molar-refractivity contribution in [2.45, 2.75) is 39.7 Å². The Balaban J connectivity index is 1.93. The second-order valence-corrected chi connectivity index (χ2v) is 6.34. The molecule has 8 nitrogen and oxygen atoms in total. The Hall–Kier alpha value is -2.64. The van der Waals surface area contributed by atoms with E-state index in [9.17, 15) is 9.59 Å². The van der Waals surface area contributed by atoms with Crippen LogP contribution in [0.4, 0.5) is 5.69 Å². The molecule has 3 rings (SSSR count). The van der Waals surface area contributed by atoms with Gasteiger partial charge in [0.15, 0.2) is 5.76 Å². The SMILES string of the molecule is CCN1C(=O)CC[C@H](C(=O)Nc2c(C)noc2C)[C@H]1c1ccnn1C. The predicted octanol–water partition coefficient (Wildman–Crippen LogP) is 1.96. The highest BCUT2D eigenvalue weighted by Crippen LogP contribution is 2.37. The number of hydrogen-bond donors (Lipinski definition) is 1. The number of anilines is 1. The molecule has 1 N–H and O–H groups in total. The number of hydrogen-bond acceptors (Lipinski definition) is 5. The van der Waals surface area contributed by atoms with Crippen molar-refractivity contribution in [3.8, 4) is 0 Å². The van der Waals surface area contributed by atoms with Gasteiger partial charge in [-0.05, 0) is 33.3 Å². The van der Waals surface area contributed by atoms with Gasteiger partial charge in [0.2, 0.25) is 11.8 Å². The van der Waals surface area contributed by atoms with Crippen LogP contribution in [0.2, 0.25) is 0 Å². The van der Waals surface area contributed by atoms with Crippen LogP contribution in [0, 0.1) is 19.8 Å². The van der Waals surface area contributed by atoms with Crippen molar-refractivity contribution < 1.29 is 14.1 Å². The average molecular weight is 345 g/mol. The Morgan fingerprint density at radius 1 is 1.44 bits per heavy atom. The maximum atomic E-state index is 13.0. The van der Waals surface area contributed by atoms with Gasteiger partial charge in [-0.2, -0.15) is 5.10 Å². The molecule has 1 aliphatic rings. The number of nitrogens with one attached hydrogen (secondary N) is 1. The van der Waals surface area contributed by atoms with Crippen molar-refractivity contribution in [2.75, 3.05) is 11.9 Å². The number of carbonyl (C=O) groups excluding carboxylic acids is 2. The lowest BCUT2D eigenvalue weighted by molar-refractivity contribution is -0.142. The topological polar surface area (TPSA) is 93.3 Å². The fourth-order valence-corrected chi connectivity index (χ4v) is 3.52. The van der Waals surface area contributed by atoms with Gasteiger partial charge in [-0.1, -0.05) is 5.16 Å². The maximum absolute atomic E-state index is 13.0. The van der Waals surface area contributed by atoms with E-state index >= 15 is 0 Å². The van der Waals surface area contributed by atoms with Gasteiger partial charge in [-0.25, -0.2) is 0 Å².